The molecule has 22 heavy (non-hydrogen) atoms. The van der Waals surface area contributed by atoms with E-state index in [-0.39, 0.29) is 15.1 Å². The lowest BCUT2D eigenvalue weighted by molar-refractivity contribution is 0.436. The van der Waals surface area contributed by atoms with Gasteiger partial charge in [0.05, 0.1) is 3.57 Å². The minimum absolute atomic E-state index is 0.175. The van der Waals surface area contributed by atoms with E-state index in [9.17, 15) is 16.8 Å². The standard InChI is InChI=1S/C12H6I2O6S2/c13-7-5-6-10-12(11(7)14)22(17,18)20-9-4-2-1-3-8(9)19-21(10,15)16/h1-6H. The van der Waals surface area contributed by atoms with Crippen molar-refractivity contribution in [2.45, 2.75) is 9.79 Å². The van der Waals surface area contributed by atoms with Crippen molar-refractivity contribution in [3.8, 4) is 11.5 Å². The van der Waals surface area contributed by atoms with Crippen molar-refractivity contribution < 1.29 is 25.2 Å². The van der Waals surface area contributed by atoms with Gasteiger partial charge in [0.2, 0.25) is 0 Å². The van der Waals surface area contributed by atoms with Crippen molar-refractivity contribution in [1.29, 1.82) is 0 Å². The molecule has 0 amide bonds. The Hall–Kier alpha value is -0.600. The van der Waals surface area contributed by atoms with E-state index >= 15 is 0 Å². The van der Waals surface area contributed by atoms with E-state index in [1.807, 2.05) is 22.6 Å². The van der Waals surface area contributed by atoms with Crippen molar-refractivity contribution >= 4 is 65.4 Å². The Labute approximate surface area is 154 Å². The van der Waals surface area contributed by atoms with Crippen LogP contribution in [-0.4, -0.2) is 16.8 Å². The molecule has 0 spiro atoms. The highest BCUT2D eigenvalue weighted by Crippen LogP contribution is 2.39. The van der Waals surface area contributed by atoms with E-state index in [0.717, 1.165) is 0 Å². The van der Waals surface area contributed by atoms with Gasteiger partial charge < -0.3 is 8.37 Å². The third-order valence-electron chi connectivity index (χ3n) is 2.78. The van der Waals surface area contributed by atoms with Gasteiger partial charge in [0.15, 0.2) is 11.5 Å². The Morgan fingerprint density at radius 2 is 1.32 bits per heavy atom. The molecule has 1 aliphatic heterocycles. The molecule has 0 fully saturated rings. The van der Waals surface area contributed by atoms with Crippen molar-refractivity contribution in [3.05, 3.63) is 43.5 Å². The van der Waals surface area contributed by atoms with Crippen LogP contribution in [0.15, 0.2) is 46.2 Å². The summed E-state index contributed by atoms with van der Waals surface area (Å²) in [6, 6.07) is 8.39. The van der Waals surface area contributed by atoms with Gasteiger partial charge >= 0.3 is 20.2 Å². The number of fused-ring (bicyclic) bond motifs is 2. The number of benzene rings is 2. The van der Waals surface area contributed by atoms with Gasteiger partial charge in [-0.25, -0.2) is 0 Å². The maximum absolute atomic E-state index is 12.5. The van der Waals surface area contributed by atoms with Crippen molar-refractivity contribution in [3.63, 3.8) is 0 Å². The van der Waals surface area contributed by atoms with Crippen LogP contribution in [-0.2, 0) is 20.2 Å². The molecule has 116 valence electrons. The molecule has 0 saturated carbocycles. The molecule has 0 aliphatic carbocycles. The SMILES string of the molecule is O=S1(=O)Oc2ccccc2OS(=O)(=O)c2c1ccc(I)c2I. The van der Waals surface area contributed by atoms with Gasteiger partial charge in [0.1, 0.15) is 9.79 Å². The van der Waals surface area contributed by atoms with Gasteiger partial charge in [0.25, 0.3) is 0 Å². The van der Waals surface area contributed by atoms with Crippen LogP contribution in [0.5, 0.6) is 11.5 Å². The largest absolute Gasteiger partial charge is 0.375 e. The summed E-state index contributed by atoms with van der Waals surface area (Å²) in [7, 11) is -8.60. The van der Waals surface area contributed by atoms with Crippen molar-refractivity contribution in [2.75, 3.05) is 0 Å². The molecule has 2 aromatic rings. The summed E-state index contributed by atoms with van der Waals surface area (Å²) < 4.78 is 60.8. The number of halogens is 2. The monoisotopic (exact) mass is 564 g/mol. The van der Waals surface area contributed by atoms with E-state index < -0.39 is 30.0 Å². The third-order valence-corrected chi connectivity index (χ3v) is 8.93. The van der Waals surface area contributed by atoms with Gasteiger partial charge in [-0.3, -0.25) is 0 Å². The quantitative estimate of drug-likeness (QED) is 0.362. The average Bonchev–Trinajstić information content (AvgIpc) is 2.41. The molecular weight excluding hydrogens is 558 g/mol. The summed E-state index contributed by atoms with van der Waals surface area (Å²) in [5.41, 5.74) is 0. The first-order valence-corrected chi connectivity index (χ1v) is 10.7. The van der Waals surface area contributed by atoms with Crippen LogP contribution in [0.25, 0.3) is 0 Å². The second-order valence-corrected chi connectivity index (χ2v) is 9.45. The predicted molar refractivity (Wildman–Crippen MR) is 93.9 cm³/mol. The predicted octanol–water partition coefficient (Wildman–Crippen LogP) is 2.74. The first kappa shape index (κ1) is 16.3. The zero-order chi connectivity index (χ0) is 16.1. The van der Waals surface area contributed by atoms with Crippen LogP contribution in [0.2, 0.25) is 0 Å². The van der Waals surface area contributed by atoms with Crippen molar-refractivity contribution in [2.24, 2.45) is 0 Å². The summed E-state index contributed by atoms with van der Waals surface area (Å²) in [4.78, 5) is -0.846. The Kier molecular flexibility index (Phi) is 4.06. The maximum Gasteiger partial charge on any atom is 0.341 e. The number of para-hydroxylation sites is 2. The molecule has 3 rings (SSSR count). The summed E-state index contributed by atoms with van der Waals surface area (Å²) in [6.45, 7) is 0. The normalized spacial score (nSPS) is 17.9. The van der Waals surface area contributed by atoms with Crippen molar-refractivity contribution in [1.82, 2.24) is 0 Å². The van der Waals surface area contributed by atoms with Gasteiger partial charge in [-0.1, -0.05) is 12.1 Å². The van der Waals surface area contributed by atoms with Gasteiger partial charge in [-0.05, 0) is 69.4 Å². The van der Waals surface area contributed by atoms with E-state index in [2.05, 4.69) is 0 Å². The van der Waals surface area contributed by atoms with Crippen LogP contribution in [0.3, 0.4) is 0 Å². The topological polar surface area (TPSA) is 86.7 Å². The second-order valence-electron chi connectivity index (χ2n) is 4.21. The minimum atomic E-state index is -4.31. The zero-order valence-electron chi connectivity index (χ0n) is 10.5. The molecule has 0 atom stereocenters. The Morgan fingerprint density at radius 1 is 0.773 bits per heavy atom. The summed E-state index contributed by atoms with van der Waals surface area (Å²) in [6.07, 6.45) is 0. The smallest absolute Gasteiger partial charge is 0.341 e. The molecule has 0 bridgehead atoms. The molecule has 1 heterocycles. The molecule has 6 nitrogen and oxygen atoms in total. The highest BCUT2D eigenvalue weighted by molar-refractivity contribution is 14.1. The molecule has 10 heteroatoms. The third kappa shape index (κ3) is 2.69. The lowest BCUT2D eigenvalue weighted by Gasteiger charge is -2.19. The number of rotatable bonds is 0. The Morgan fingerprint density at radius 3 is 1.91 bits per heavy atom. The molecular formula is C12H6I2O6S2. The van der Waals surface area contributed by atoms with Gasteiger partial charge in [-0.2, -0.15) is 16.8 Å². The molecule has 0 radical (unpaired) electrons. The Bertz CT molecular complexity index is 983. The first-order valence-electron chi connectivity index (χ1n) is 5.68. The fraction of sp³-hybridized carbons (Fsp3) is 0. The van der Waals surface area contributed by atoms with E-state index in [0.29, 0.717) is 3.57 Å². The van der Waals surface area contributed by atoms with E-state index in [1.165, 1.54) is 36.4 Å². The van der Waals surface area contributed by atoms with Crippen LogP contribution < -0.4 is 8.37 Å². The molecule has 0 saturated heterocycles. The van der Waals surface area contributed by atoms with E-state index in [4.69, 9.17) is 8.37 Å². The number of hydrogen-bond acceptors (Lipinski definition) is 6. The molecule has 0 aromatic heterocycles. The lowest BCUT2D eigenvalue weighted by Crippen LogP contribution is -2.22. The average molecular weight is 564 g/mol. The fourth-order valence-corrected chi connectivity index (χ4v) is 6.69. The van der Waals surface area contributed by atoms with Gasteiger partial charge in [0, 0.05) is 3.57 Å². The lowest BCUT2D eigenvalue weighted by atomic mass is 10.3. The molecule has 1 aliphatic rings. The van der Waals surface area contributed by atoms with Crippen LogP contribution in [0.4, 0.5) is 0 Å². The minimum Gasteiger partial charge on any atom is -0.375 e. The molecule has 2 aromatic carbocycles. The maximum atomic E-state index is 12.5. The number of hydrogen-bond donors (Lipinski definition) is 0. The van der Waals surface area contributed by atoms with Crippen LogP contribution >= 0.6 is 45.2 Å². The van der Waals surface area contributed by atoms with Crippen LogP contribution in [0, 0.1) is 7.14 Å². The highest BCUT2D eigenvalue weighted by atomic mass is 127. The van der Waals surface area contributed by atoms with Gasteiger partial charge in [-0.15, -0.1) is 0 Å². The Balaban J connectivity index is 2.41. The summed E-state index contributed by atoms with van der Waals surface area (Å²) >= 11 is 3.69. The molecule has 0 N–H and O–H groups in total. The second kappa shape index (κ2) is 5.49. The summed E-state index contributed by atoms with van der Waals surface area (Å²) in [5.74, 6) is -0.350. The van der Waals surface area contributed by atoms with E-state index in [1.54, 1.807) is 22.6 Å². The zero-order valence-corrected chi connectivity index (χ0v) is 16.4. The van der Waals surface area contributed by atoms with Crippen LogP contribution in [0.1, 0.15) is 0 Å². The fourth-order valence-electron chi connectivity index (χ4n) is 1.85. The summed E-state index contributed by atoms with van der Waals surface area (Å²) in [5, 5.41) is 0. The first-order chi connectivity index (χ1) is 10.2. The molecule has 0 unspecified atom stereocenters. The highest BCUT2D eigenvalue weighted by Gasteiger charge is 2.36.